The van der Waals surface area contributed by atoms with Gasteiger partial charge in [0, 0.05) is 18.5 Å². The van der Waals surface area contributed by atoms with E-state index in [9.17, 15) is 22.8 Å². The van der Waals surface area contributed by atoms with Gasteiger partial charge in [0.05, 0.1) is 12.3 Å². The topological polar surface area (TPSA) is 122 Å². The fraction of sp³-hybridized carbons (Fsp3) is 0.842. The summed E-state index contributed by atoms with van der Waals surface area (Å²) in [4.78, 5) is 38.7. The number of nitrogens with one attached hydrogen (secondary N) is 2. The van der Waals surface area contributed by atoms with E-state index in [0.717, 1.165) is 12.5 Å². The molecule has 1 saturated heterocycles. The van der Waals surface area contributed by atoms with Crippen LogP contribution in [-0.2, 0) is 24.3 Å². The molecule has 2 N–H and O–H groups in total. The summed E-state index contributed by atoms with van der Waals surface area (Å²) in [5, 5.41) is 2.63. The number of ether oxygens (including phenoxy) is 1. The van der Waals surface area contributed by atoms with Gasteiger partial charge in [0.2, 0.25) is 15.9 Å². The summed E-state index contributed by atoms with van der Waals surface area (Å²) >= 11 is 0. The van der Waals surface area contributed by atoms with Crippen molar-refractivity contribution >= 4 is 28.3 Å². The lowest BCUT2D eigenvalue weighted by atomic mass is 9.92. The smallest absolute Gasteiger partial charge is 0.408 e. The molecule has 0 radical (unpaired) electrons. The Morgan fingerprint density at radius 1 is 1.28 bits per heavy atom. The van der Waals surface area contributed by atoms with Gasteiger partial charge in [-0.2, -0.15) is 0 Å². The first kappa shape index (κ1) is 25.4. The fourth-order valence-corrected chi connectivity index (χ4v) is 4.36. The van der Waals surface area contributed by atoms with Gasteiger partial charge < -0.3 is 19.7 Å². The zero-order valence-corrected chi connectivity index (χ0v) is 19.2. The molecule has 9 nitrogen and oxygen atoms in total. The molecular weight excluding hydrogens is 398 g/mol. The van der Waals surface area contributed by atoms with Crippen LogP contribution in [0.1, 0.15) is 54.4 Å². The molecule has 0 saturated carbocycles. The third-order valence-corrected chi connectivity index (χ3v) is 5.52. The van der Waals surface area contributed by atoms with E-state index < -0.39 is 45.8 Å². The zero-order valence-electron chi connectivity index (χ0n) is 18.4. The molecule has 1 heterocycles. The van der Waals surface area contributed by atoms with E-state index in [2.05, 4.69) is 10.0 Å². The van der Waals surface area contributed by atoms with Crippen molar-refractivity contribution in [3.8, 4) is 0 Å². The standard InChI is InChI=1S/C19H35N3O6S/c1-8-13(11-23)16-14(21-29(7,26)27)9-10-22(16)17(24)15(12(2)3)20-18(25)28-19(4,5)6/h11-16,21H,8-10H2,1-7H3,(H,20,25). The number of carbonyl (C=O) groups is 3. The van der Waals surface area contributed by atoms with E-state index in [4.69, 9.17) is 4.74 Å². The summed E-state index contributed by atoms with van der Waals surface area (Å²) in [6.07, 6.45) is 1.97. The monoisotopic (exact) mass is 433 g/mol. The van der Waals surface area contributed by atoms with E-state index in [1.165, 1.54) is 4.90 Å². The van der Waals surface area contributed by atoms with Crippen LogP contribution >= 0.6 is 0 Å². The molecule has 0 aromatic heterocycles. The summed E-state index contributed by atoms with van der Waals surface area (Å²) in [5.41, 5.74) is -0.708. The SMILES string of the molecule is CCC(C=O)C1C(NS(C)(=O)=O)CCN1C(=O)C(NC(=O)OC(C)(C)C)C(C)C. The van der Waals surface area contributed by atoms with E-state index in [1.807, 2.05) is 6.92 Å². The molecule has 1 aliphatic heterocycles. The summed E-state index contributed by atoms with van der Waals surface area (Å²) in [6.45, 7) is 10.9. The van der Waals surface area contributed by atoms with Gasteiger partial charge >= 0.3 is 6.09 Å². The van der Waals surface area contributed by atoms with Gasteiger partial charge in [-0.3, -0.25) is 4.79 Å². The summed E-state index contributed by atoms with van der Waals surface area (Å²) < 4.78 is 31.3. The maximum Gasteiger partial charge on any atom is 0.408 e. The lowest BCUT2D eigenvalue weighted by Gasteiger charge is -2.35. The second-order valence-electron chi connectivity index (χ2n) is 8.88. The highest BCUT2D eigenvalue weighted by atomic mass is 32.2. The van der Waals surface area contributed by atoms with E-state index in [0.29, 0.717) is 19.4 Å². The van der Waals surface area contributed by atoms with E-state index in [1.54, 1.807) is 34.6 Å². The molecule has 4 unspecified atom stereocenters. The minimum atomic E-state index is -3.51. The first-order chi connectivity index (χ1) is 13.2. The highest BCUT2D eigenvalue weighted by Crippen LogP contribution is 2.28. The minimum Gasteiger partial charge on any atom is -0.444 e. The van der Waals surface area contributed by atoms with E-state index >= 15 is 0 Å². The number of carbonyl (C=O) groups excluding carboxylic acids is 3. The van der Waals surface area contributed by atoms with Gasteiger partial charge in [-0.1, -0.05) is 20.8 Å². The Bertz CT molecular complexity index is 701. The van der Waals surface area contributed by atoms with Crippen molar-refractivity contribution in [1.82, 2.24) is 14.9 Å². The first-order valence-electron chi connectivity index (χ1n) is 9.92. The van der Waals surface area contributed by atoms with Crippen molar-refractivity contribution < 1.29 is 27.5 Å². The van der Waals surface area contributed by atoms with Gasteiger partial charge in [-0.15, -0.1) is 0 Å². The van der Waals surface area contributed by atoms with Crippen LogP contribution in [0.2, 0.25) is 0 Å². The third kappa shape index (κ3) is 7.58. The summed E-state index contributed by atoms with van der Waals surface area (Å²) in [5.74, 6) is -1.10. The lowest BCUT2D eigenvalue weighted by molar-refractivity contribution is -0.137. The van der Waals surface area contributed by atoms with Gasteiger partial charge in [-0.05, 0) is 39.5 Å². The third-order valence-electron chi connectivity index (χ3n) is 4.79. The van der Waals surface area contributed by atoms with Crippen molar-refractivity contribution in [2.24, 2.45) is 11.8 Å². The van der Waals surface area contributed by atoms with Crippen molar-refractivity contribution in [3.05, 3.63) is 0 Å². The number of sulfonamides is 1. The van der Waals surface area contributed by atoms with Crippen LogP contribution in [0.15, 0.2) is 0 Å². The Labute approximate surface area is 174 Å². The molecule has 168 valence electrons. The summed E-state index contributed by atoms with van der Waals surface area (Å²) in [7, 11) is -3.51. The average molecular weight is 434 g/mol. The van der Waals surface area contributed by atoms with E-state index in [-0.39, 0.29) is 11.8 Å². The number of alkyl carbamates (subject to hydrolysis) is 1. The number of rotatable bonds is 8. The highest BCUT2D eigenvalue weighted by Gasteiger charge is 2.44. The number of hydrogen-bond acceptors (Lipinski definition) is 6. The second-order valence-corrected chi connectivity index (χ2v) is 10.7. The van der Waals surface area contributed by atoms with Crippen LogP contribution in [0, 0.1) is 11.8 Å². The van der Waals surface area contributed by atoms with Crippen molar-refractivity contribution in [2.75, 3.05) is 12.8 Å². The Morgan fingerprint density at radius 2 is 1.86 bits per heavy atom. The van der Waals surface area contributed by atoms with Crippen molar-refractivity contribution in [1.29, 1.82) is 0 Å². The molecule has 0 spiro atoms. The van der Waals surface area contributed by atoms with Crippen molar-refractivity contribution in [2.45, 2.75) is 78.1 Å². The van der Waals surface area contributed by atoms with Crippen LogP contribution in [0.4, 0.5) is 4.79 Å². The van der Waals surface area contributed by atoms with Gasteiger partial charge in [-0.25, -0.2) is 17.9 Å². The average Bonchev–Trinajstić information content (AvgIpc) is 2.93. The quantitative estimate of drug-likeness (QED) is 0.556. The molecule has 1 rings (SSSR count). The molecule has 0 bridgehead atoms. The molecular formula is C19H35N3O6S. The molecule has 0 aromatic carbocycles. The van der Waals surface area contributed by atoms with Crippen LogP contribution in [0.3, 0.4) is 0 Å². The van der Waals surface area contributed by atoms with Crippen LogP contribution < -0.4 is 10.0 Å². The molecule has 2 amide bonds. The molecule has 4 atom stereocenters. The Hall–Kier alpha value is -1.68. The number of hydrogen-bond donors (Lipinski definition) is 2. The number of nitrogens with zero attached hydrogens (tertiary/aromatic N) is 1. The molecule has 10 heteroatoms. The number of aldehydes is 1. The molecule has 0 aliphatic carbocycles. The van der Waals surface area contributed by atoms with Gasteiger partial charge in [0.15, 0.2) is 0 Å². The molecule has 1 fully saturated rings. The van der Waals surface area contributed by atoms with Gasteiger partial charge in [0.1, 0.15) is 17.9 Å². The Kier molecular flexibility index (Phi) is 8.64. The number of amides is 2. The fourth-order valence-electron chi connectivity index (χ4n) is 3.55. The lowest BCUT2D eigenvalue weighted by Crippen LogP contribution is -2.57. The zero-order chi connectivity index (χ0) is 22.6. The largest absolute Gasteiger partial charge is 0.444 e. The normalized spacial score (nSPS) is 22.3. The predicted molar refractivity (Wildman–Crippen MR) is 110 cm³/mol. The Morgan fingerprint density at radius 3 is 2.28 bits per heavy atom. The van der Waals surface area contributed by atoms with Crippen LogP contribution in [0.5, 0.6) is 0 Å². The van der Waals surface area contributed by atoms with Gasteiger partial charge in [0.25, 0.3) is 0 Å². The summed E-state index contributed by atoms with van der Waals surface area (Å²) in [6, 6.07) is -2.02. The predicted octanol–water partition coefficient (Wildman–Crippen LogP) is 1.28. The molecule has 1 aliphatic rings. The Balaban J connectivity index is 3.12. The highest BCUT2D eigenvalue weighted by molar-refractivity contribution is 7.88. The van der Waals surface area contributed by atoms with Crippen LogP contribution in [-0.4, -0.2) is 68.1 Å². The maximum absolute atomic E-state index is 13.3. The molecule has 29 heavy (non-hydrogen) atoms. The van der Waals surface area contributed by atoms with Crippen LogP contribution in [0.25, 0.3) is 0 Å². The first-order valence-corrected chi connectivity index (χ1v) is 11.8. The minimum absolute atomic E-state index is 0.228. The molecule has 0 aromatic rings. The van der Waals surface area contributed by atoms with Crippen molar-refractivity contribution in [3.63, 3.8) is 0 Å². The second kappa shape index (κ2) is 9.88. The maximum atomic E-state index is 13.3. The number of likely N-dealkylation sites (tertiary alicyclic amines) is 1.